The highest BCUT2D eigenvalue weighted by Gasteiger charge is 2.25. The number of nitrogens with one attached hydrogen (secondary N) is 1. The minimum Gasteiger partial charge on any atom is -0.452 e. The number of halogens is 1. The average Bonchev–Trinajstić information content (AvgIpc) is 2.63. The zero-order chi connectivity index (χ0) is 20.9. The maximum absolute atomic E-state index is 13.0. The van der Waals surface area contributed by atoms with Gasteiger partial charge in [-0.15, -0.1) is 0 Å². The minimum atomic E-state index is -3.99. The number of likely N-dealkylation sites (N-methyl/N-ethyl adjacent to an activating group) is 1. The van der Waals surface area contributed by atoms with Gasteiger partial charge in [-0.3, -0.25) is 9.59 Å². The van der Waals surface area contributed by atoms with Gasteiger partial charge < -0.3 is 10.1 Å². The molecule has 1 atom stereocenters. The maximum atomic E-state index is 13.0. The van der Waals surface area contributed by atoms with E-state index in [1.807, 2.05) is 19.1 Å². The summed E-state index contributed by atoms with van der Waals surface area (Å²) in [6, 6.07) is 11.3. The van der Waals surface area contributed by atoms with Crippen molar-refractivity contribution in [2.24, 2.45) is 0 Å². The molecular weight excluding hydrogens is 387 g/mol. The van der Waals surface area contributed by atoms with Gasteiger partial charge in [0.2, 0.25) is 10.0 Å². The number of hydrogen-bond donors (Lipinski definition) is 1. The first kappa shape index (κ1) is 21.5. The lowest BCUT2D eigenvalue weighted by Gasteiger charge is -2.18. The number of carbonyl (C=O) groups is 2. The molecule has 0 aromatic heterocycles. The summed E-state index contributed by atoms with van der Waals surface area (Å²) in [5.41, 5.74) is 1.58. The number of anilines is 1. The molecule has 9 heteroatoms. The predicted molar refractivity (Wildman–Crippen MR) is 102 cm³/mol. The van der Waals surface area contributed by atoms with E-state index in [9.17, 15) is 22.4 Å². The van der Waals surface area contributed by atoms with Crippen molar-refractivity contribution in [1.82, 2.24) is 4.31 Å². The molecule has 0 aliphatic heterocycles. The molecule has 0 spiro atoms. The molecule has 0 radical (unpaired) electrons. The Morgan fingerprint density at radius 3 is 2.25 bits per heavy atom. The Balaban J connectivity index is 1.93. The molecule has 0 saturated carbocycles. The van der Waals surface area contributed by atoms with Crippen molar-refractivity contribution in [3.8, 4) is 0 Å². The SMILES string of the molecule is Cc1ccc(NC(=O)[C@H](C)OC(=O)CN(C)S(=O)(=O)c2ccc(F)cc2)cc1. The van der Waals surface area contributed by atoms with Crippen molar-refractivity contribution in [2.45, 2.75) is 24.8 Å². The molecule has 0 fully saturated rings. The van der Waals surface area contributed by atoms with E-state index in [0.29, 0.717) is 5.69 Å². The van der Waals surface area contributed by atoms with Gasteiger partial charge in [0.25, 0.3) is 5.91 Å². The third-order valence-electron chi connectivity index (χ3n) is 3.87. The number of hydrogen-bond acceptors (Lipinski definition) is 5. The van der Waals surface area contributed by atoms with E-state index >= 15 is 0 Å². The fraction of sp³-hybridized carbons (Fsp3) is 0.263. The van der Waals surface area contributed by atoms with Gasteiger partial charge in [-0.2, -0.15) is 4.31 Å². The first-order valence-corrected chi connectivity index (χ1v) is 9.82. The second kappa shape index (κ2) is 8.94. The Morgan fingerprint density at radius 2 is 1.68 bits per heavy atom. The normalized spacial score (nSPS) is 12.5. The van der Waals surface area contributed by atoms with Crippen LogP contribution < -0.4 is 5.32 Å². The molecule has 2 aromatic rings. The molecule has 7 nitrogen and oxygen atoms in total. The molecule has 1 amide bonds. The lowest BCUT2D eigenvalue weighted by Crippen LogP contribution is -2.37. The quantitative estimate of drug-likeness (QED) is 0.710. The number of benzene rings is 2. The van der Waals surface area contributed by atoms with Gasteiger partial charge in [0.05, 0.1) is 4.90 Å². The van der Waals surface area contributed by atoms with Crippen LogP contribution in [0.5, 0.6) is 0 Å². The highest BCUT2D eigenvalue weighted by atomic mass is 32.2. The summed E-state index contributed by atoms with van der Waals surface area (Å²) in [4.78, 5) is 24.0. The molecule has 28 heavy (non-hydrogen) atoms. The number of aryl methyl sites for hydroxylation is 1. The van der Waals surface area contributed by atoms with Crippen LogP contribution in [0.15, 0.2) is 53.4 Å². The molecule has 2 rings (SSSR count). The van der Waals surface area contributed by atoms with E-state index in [1.165, 1.54) is 14.0 Å². The van der Waals surface area contributed by atoms with Crippen LogP contribution in [0.4, 0.5) is 10.1 Å². The zero-order valence-electron chi connectivity index (χ0n) is 15.7. The van der Waals surface area contributed by atoms with Crippen LogP contribution in [0.2, 0.25) is 0 Å². The molecule has 0 aliphatic rings. The lowest BCUT2D eigenvalue weighted by molar-refractivity contribution is -0.153. The van der Waals surface area contributed by atoms with Crippen LogP contribution in [0.1, 0.15) is 12.5 Å². The number of rotatable bonds is 7. The average molecular weight is 408 g/mol. The second-order valence-electron chi connectivity index (χ2n) is 6.20. The number of amides is 1. The van der Waals surface area contributed by atoms with Crippen molar-refractivity contribution >= 4 is 27.6 Å². The monoisotopic (exact) mass is 408 g/mol. The largest absolute Gasteiger partial charge is 0.452 e. The topological polar surface area (TPSA) is 92.8 Å². The van der Waals surface area contributed by atoms with E-state index in [-0.39, 0.29) is 4.90 Å². The molecule has 0 saturated heterocycles. The number of nitrogens with zero attached hydrogens (tertiary/aromatic N) is 1. The fourth-order valence-corrected chi connectivity index (χ4v) is 3.34. The first-order valence-electron chi connectivity index (χ1n) is 8.38. The molecule has 2 aromatic carbocycles. The Kier molecular flexibility index (Phi) is 6.87. The van der Waals surface area contributed by atoms with Crippen LogP contribution >= 0.6 is 0 Å². The summed E-state index contributed by atoms with van der Waals surface area (Å²) in [6.07, 6.45) is -1.12. The summed E-state index contributed by atoms with van der Waals surface area (Å²) in [5.74, 6) is -2.00. The van der Waals surface area contributed by atoms with Crippen LogP contribution in [0.3, 0.4) is 0 Å². The number of esters is 1. The van der Waals surface area contributed by atoms with Gasteiger partial charge in [-0.25, -0.2) is 12.8 Å². The number of ether oxygens (including phenoxy) is 1. The summed E-state index contributed by atoms with van der Waals surface area (Å²) in [5, 5.41) is 2.61. The highest BCUT2D eigenvalue weighted by Crippen LogP contribution is 2.15. The lowest BCUT2D eigenvalue weighted by atomic mass is 10.2. The Labute approximate surface area is 163 Å². The second-order valence-corrected chi connectivity index (χ2v) is 8.25. The summed E-state index contributed by atoms with van der Waals surface area (Å²) < 4.78 is 43.5. The van der Waals surface area contributed by atoms with E-state index < -0.39 is 40.4 Å². The van der Waals surface area contributed by atoms with Gasteiger partial charge in [0, 0.05) is 12.7 Å². The van der Waals surface area contributed by atoms with Crippen molar-refractivity contribution in [3.63, 3.8) is 0 Å². The zero-order valence-corrected chi connectivity index (χ0v) is 16.5. The molecule has 0 aliphatic carbocycles. The number of carbonyl (C=O) groups excluding carboxylic acids is 2. The van der Waals surface area contributed by atoms with Crippen LogP contribution in [0, 0.1) is 12.7 Å². The Bertz CT molecular complexity index is 943. The van der Waals surface area contributed by atoms with Gasteiger partial charge in [0.1, 0.15) is 12.4 Å². The minimum absolute atomic E-state index is 0.158. The maximum Gasteiger partial charge on any atom is 0.322 e. The van der Waals surface area contributed by atoms with Crippen molar-refractivity contribution in [1.29, 1.82) is 0 Å². The summed E-state index contributed by atoms with van der Waals surface area (Å²) in [7, 11) is -2.80. The van der Waals surface area contributed by atoms with Crippen molar-refractivity contribution < 1.29 is 27.1 Å². The first-order chi connectivity index (χ1) is 13.1. The van der Waals surface area contributed by atoms with Crippen molar-refractivity contribution in [2.75, 3.05) is 18.9 Å². The molecular formula is C19H21FN2O5S. The highest BCUT2D eigenvalue weighted by molar-refractivity contribution is 7.89. The van der Waals surface area contributed by atoms with E-state index in [1.54, 1.807) is 12.1 Å². The van der Waals surface area contributed by atoms with Crippen molar-refractivity contribution in [3.05, 3.63) is 59.9 Å². The molecule has 0 bridgehead atoms. The van der Waals surface area contributed by atoms with Gasteiger partial charge in [0.15, 0.2) is 6.10 Å². The molecule has 0 unspecified atom stereocenters. The summed E-state index contributed by atoms with van der Waals surface area (Å²) in [6.45, 7) is 2.70. The van der Waals surface area contributed by atoms with E-state index in [2.05, 4.69) is 5.32 Å². The summed E-state index contributed by atoms with van der Waals surface area (Å²) >= 11 is 0. The van der Waals surface area contributed by atoms with Crippen LogP contribution in [-0.4, -0.2) is 44.3 Å². The third kappa shape index (κ3) is 5.61. The fourth-order valence-electron chi connectivity index (χ4n) is 2.22. The standard InChI is InChI=1S/C19H21FN2O5S/c1-13-4-8-16(9-5-13)21-19(24)14(2)27-18(23)12-22(3)28(25,26)17-10-6-15(20)7-11-17/h4-11,14H,12H2,1-3H3,(H,21,24)/t14-/m0/s1. The van der Waals surface area contributed by atoms with Gasteiger partial charge in [-0.05, 0) is 50.2 Å². The van der Waals surface area contributed by atoms with Crippen LogP contribution in [-0.2, 0) is 24.3 Å². The molecule has 0 heterocycles. The molecule has 1 N–H and O–H groups in total. The Morgan fingerprint density at radius 1 is 1.11 bits per heavy atom. The smallest absolute Gasteiger partial charge is 0.322 e. The predicted octanol–water partition coefficient (Wildman–Crippen LogP) is 2.33. The Hall–Kier alpha value is -2.78. The number of sulfonamides is 1. The molecule has 150 valence electrons. The van der Waals surface area contributed by atoms with E-state index in [4.69, 9.17) is 4.74 Å². The van der Waals surface area contributed by atoms with Gasteiger partial charge >= 0.3 is 5.97 Å². The van der Waals surface area contributed by atoms with Gasteiger partial charge in [-0.1, -0.05) is 17.7 Å². The van der Waals surface area contributed by atoms with Crippen LogP contribution in [0.25, 0.3) is 0 Å². The third-order valence-corrected chi connectivity index (χ3v) is 5.69. The van der Waals surface area contributed by atoms with E-state index in [0.717, 1.165) is 34.1 Å².